The highest BCUT2D eigenvalue weighted by atomic mass is 28.4. The second-order valence-corrected chi connectivity index (χ2v) is 16.5. The Morgan fingerprint density at radius 3 is 1.54 bits per heavy atom. The first kappa shape index (κ1) is 33.5. The van der Waals surface area contributed by atoms with Crippen molar-refractivity contribution in [2.75, 3.05) is 6.61 Å². The van der Waals surface area contributed by atoms with Crippen LogP contribution in [0.15, 0.2) is 72.8 Å². The van der Waals surface area contributed by atoms with Crippen molar-refractivity contribution < 1.29 is 9.53 Å². The van der Waals surface area contributed by atoms with Crippen molar-refractivity contribution >= 4 is 18.7 Å². The van der Waals surface area contributed by atoms with Crippen LogP contribution in [0.3, 0.4) is 0 Å². The van der Waals surface area contributed by atoms with Crippen LogP contribution >= 0.6 is 0 Å². The molecule has 2 aromatic carbocycles. The maximum atomic E-state index is 8.83. The van der Waals surface area contributed by atoms with Crippen LogP contribution in [0, 0.1) is 0 Å². The van der Waals surface area contributed by atoms with Gasteiger partial charge in [-0.3, -0.25) is 0 Å². The van der Waals surface area contributed by atoms with E-state index in [-0.39, 0.29) is 11.1 Å². The molecule has 1 atom stereocenters. The summed E-state index contributed by atoms with van der Waals surface area (Å²) in [5.74, 6) is 0. The van der Waals surface area contributed by atoms with E-state index in [4.69, 9.17) is 9.53 Å². The van der Waals surface area contributed by atoms with Crippen molar-refractivity contribution in [2.45, 2.75) is 135 Å². The van der Waals surface area contributed by atoms with Gasteiger partial charge in [0, 0.05) is 12.7 Å². The Balaban J connectivity index is 1.78. The van der Waals surface area contributed by atoms with E-state index in [0.29, 0.717) is 6.61 Å². The molecule has 3 heteroatoms. The van der Waals surface area contributed by atoms with E-state index in [1.165, 1.54) is 81.0 Å². The Kier molecular flexibility index (Phi) is 16.7. The maximum absolute atomic E-state index is 8.83. The molecule has 0 heterocycles. The molecule has 0 amide bonds. The molecule has 2 rings (SSSR count). The Morgan fingerprint density at radius 1 is 0.667 bits per heavy atom. The Labute approximate surface area is 242 Å². The maximum Gasteiger partial charge on any atom is 0.261 e. The lowest BCUT2D eigenvalue weighted by molar-refractivity contribution is 0.174. The number of hydrogen-bond donors (Lipinski definition) is 1. The molecule has 1 unspecified atom stereocenters. The Bertz CT molecular complexity index is 832. The lowest BCUT2D eigenvalue weighted by Crippen LogP contribution is -2.67. The first-order valence-electron chi connectivity index (χ1n) is 16.0. The van der Waals surface area contributed by atoms with Crippen molar-refractivity contribution in [1.29, 1.82) is 0 Å². The number of rotatable bonds is 21. The molecule has 2 nitrogen and oxygen atoms in total. The monoisotopic (exact) mass is 550 g/mol. The van der Waals surface area contributed by atoms with Gasteiger partial charge < -0.3 is 9.53 Å². The first-order chi connectivity index (χ1) is 19.0. The SMILES string of the molecule is CCC(CC/C=C\CCCCCCCCCCCCCO)O[Si](c1ccccc1)(c1ccccc1)C(C)(C)C. The summed E-state index contributed by atoms with van der Waals surface area (Å²) in [5, 5.41) is 11.6. The van der Waals surface area contributed by atoms with Crippen molar-refractivity contribution in [3.8, 4) is 0 Å². The normalized spacial score (nSPS) is 13.3. The third-order valence-corrected chi connectivity index (χ3v) is 13.2. The fourth-order valence-electron chi connectivity index (χ4n) is 5.77. The van der Waals surface area contributed by atoms with Gasteiger partial charge in [0.25, 0.3) is 8.32 Å². The molecule has 0 bridgehead atoms. The van der Waals surface area contributed by atoms with Crippen LogP contribution in [-0.2, 0) is 4.43 Å². The summed E-state index contributed by atoms with van der Waals surface area (Å²) >= 11 is 0. The fourth-order valence-corrected chi connectivity index (χ4v) is 10.6. The topological polar surface area (TPSA) is 29.5 Å². The van der Waals surface area contributed by atoms with Crippen LogP contribution in [0.2, 0.25) is 5.04 Å². The molecule has 0 aliphatic rings. The highest BCUT2D eigenvalue weighted by Crippen LogP contribution is 2.38. The zero-order chi connectivity index (χ0) is 28.2. The summed E-state index contributed by atoms with van der Waals surface area (Å²) in [4.78, 5) is 0. The standard InChI is InChI=1S/C36H58O2Si/c1-5-33(27-21-17-15-13-11-9-7-6-8-10-12-14-16-18-26-32-37)38-39(36(2,3)4,34-28-22-19-23-29-34)35-30-24-20-25-31-35/h15,17,19-20,22-25,28-31,33,37H,5-14,16,18,21,26-27,32H2,1-4H3/b17-15-. The van der Waals surface area contributed by atoms with Crippen LogP contribution in [0.1, 0.15) is 124 Å². The number of unbranched alkanes of at least 4 members (excludes halogenated alkanes) is 11. The van der Waals surface area contributed by atoms with Crippen LogP contribution in [-0.4, -0.2) is 26.1 Å². The summed E-state index contributed by atoms with van der Waals surface area (Å²) in [6, 6.07) is 22.1. The molecular weight excluding hydrogens is 492 g/mol. The number of hydrogen-bond acceptors (Lipinski definition) is 2. The average molecular weight is 551 g/mol. The molecule has 2 aromatic rings. The molecule has 0 radical (unpaired) electrons. The third-order valence-electron chi connectivity index (χ3n) is 8.07. The zero-order valence-corrected chi connectivity index (χ0v) is 26.7. The molecule has 39 heavy (non-hydrogen) atoms. The van der Waals surface area contributed by atoms with Crippen LogP contribution in [0.5, 0.6) is 0 Å². The first-order valence-corrected chi connectivity index (χ1v) is 17.9. The van der Waals surface area contributed by atoms with E-state index in [0.717, 1.165) is 25.7 Å². The second-order valence-electron chi connectivity index (χ2n) is 12.3. The predicted octanol–water partition coefficient (Wildman–Crippen LogP) is 9.35. The van der Waals surface area contributed by atoms with Gasteiger partial charge in [-0.2, -0.15) is 0 Å². The van der Waals surface area contributed by atoms with Crippen molar-refractivity contribution in [3.63, 3.8) is 0 Å². The summed E-state index contributed by atoms with van der Waals surface area (Å²) in [5.41, 5.74) is 0. The molecule has 0 saturated carbocycles. The van der Waals surface area contributed by atoms with Gasteiger partial charge in [0.05, 0.1) is 0 Å². The molecule has 218 valence electrons. The van der Waals surface area contributed by atoms with E-state index < -0.39 is 8.32 Å². The lowest BCUT2D eigenvalue weighted by atomic mass is 10.0. The quantitative estimate of drug-likeness (QED) is 0.0953. The molecule has 0 aliphatic carbocycles. The van der Waals surface area contributed by atoms with Gasteiger partial charge in [-0.15, -0.1) is 0 Å². The lowest BCUT2D eigenvalue weighted by Gasteiger charge is -2.45. The third kappa shape index (κ3) is 11.8. The number of allylic oxidation sites excluding steroid dienone is 2. The summed E-state index contributed by atoms with van der Waals surface area (Å²) in [6.45, 7) is 9.74. The van der Waals surface area contributed by atoms with Gasteiger partial charge in [0.15, 0.2) is 0 Å². The smallest absolute Gasteiger partial charge is 0.261 e. The summed E-state index contributed by atoms with van der Waals surface area (Å²) in [7, 11) is -2.48. The highest BCUT2D eigenvalue weighted by Gasteiger charge is 2.51. The van der Waals surface area contributed by atoms with Gasteiger partial charge in [0.2, 0.25) is 0 Å². The van der Waals surface area contributed by atoms with Gasteiger partial charge in [-0.25, -0.2) is 0 Å². The molecule has 0 saturated heterocycles. The molecular formula is C36H58O2Si. The molecule has 1 N–H and O–H groups in total. The molecule has 0 aromatic heterocycles. The van der Waals surface area contributed by atoms with Gasteiger partial charge >= 0.3 is 0 Å². The number of aliphatic hydroxyl groups is 1. The van der Waals surface area contributed by atoms with Gasteiger partial charge in [-0.1, -0.05) is 158 Å². The average Bonchev–Trinajstić information content (AvgIpc) is 2.94. The zero-order valence-electron chi connectivity index (χ0n) is 25.7. The largest absolute Gasteiger partial charge is 0.404 e. The van der Waals surface area contributed by atoms with Crippen molar-refractivity contribution in [1.82, 2.24) is 0 Å². The van der Waals surface area contributed by atoms with Crippen LogP contribution < -0.4 is 10.4 Å². The second kappa shape index (κ2) is 19.4. The van der Waals surface area contributed by atoms with Crippen molar-refractivity contribution in [3.05, 3.63) is 72.8 Å². The Hall–Kier alpha value is -1.68. The number of benzene rings is 2. The van der Waals surface area contributed by atoms with Crippen molar-refractivity contribution in [2.24, 2.45) is 0 Å². The van der Waals surface area contributed by atoms with E-state index in [9.17, 15) is 0 Å². The van der Waals surface area contributed by atoms with E-state index in [1.54, 1.807) is 0 Å². The molecule has 0 aliphatic heterocycles. The highest BCUT2D eigenvalue weighted by molar-refractivity contribution is 6.99. The minimum Gasteiger partial charge on any atom is -0.404 e. The minimum absolute atomic E-state index is 0.0271. The van der Waals surface area contributed by atoms with E-state index in [2.05, 4.69) is 101 Å². The predicted molar refractivity (Wildman–Crippen MR) is 174 cm³/mol. The van der Waals surface area contributed by atoms with Gasteiger partial charge in [0.1, 0.15) is 0 Å². The minimum atomic E-state index is -2.48. The molecule has 0 spiro atoms. The van der Waals surface area contributed by atoms with E-state index >= 15 is 0 Å². The fraction of sp³-hybridized carbons (Fsp3) is 0.611. The number of aliphatic hydroxyl groups excluding tert-OH is 1. The van der Waals surface area contributed by atoms with Crippen LogP contribution in [0.25, 0.3) is 0 Å². The molecule has 0 fully saturated rings. The van der Waals surface area contributed by atoms with Crippen LogP contribution in [0.4, 0.5) is 0 Å². The van der Waals surface area contributed by atoms with Gasteiger partial charge in [-0.05, 0) is 53.9 Å². The Morgan fingerprint density at radius 2 is 1.10 bits per heavy atom. The van der Waals surface area contributed by atoms with E-state index in [1.807, 2.05) is 0 Å². The summed E-state index contributed by atoms with van der Waals surface area (Å²) in [6.07, 6.45) is 23.9. The summed E-state index contributed by atoms with van der Waals surface area (Å²) < 4.78 is 7.34.